The molecule has 0 aliphatic heterocycles. The molecule has 0 saturated carbocycles. The SMILES string of the molecule is C[C@H]([NH2+][C@@H](C)c1ccccc1)c1ccccc1.[Cl-].[Cl-]. The lowest BCUT2D eigenvalue weighted by atomic mass is 10.0. The molecule has 0 bridgehead atoms. The molecule has 0 unspecified atom stereocenters. The van der Waals surface area contributed by atoms with Gasteiger partial charge in [-0.25, -0.2) is 0 Å². The van der Waals surface area contributed by atoms with Crippen LogP contribution >= 0.6 is 0 Å². The van der Waals surface area contributed by atoms with Crippen molar-refractivity contribution in [1.29, 1.82) is 0 Å². The lowest BCUT2D eigenvalue weighted by Gasteiger charge is -2.17. The molecule has 1 nitrogen and oxygen atoms in total. The Bertz CT molecular complexity index is 401. The van der Waals surface area contributed by atoms with Crippen molar-refractivity contribution in [2.45, 2.75) is 25.9 Å². The van der Waals surface area contributed by atoms with Crippen LogP contribution in [0.15, 0.2) is 60.7 Å². The molecule has 0 radical (unpaired) electrons. The Kier molecular flexibility index (Phi) is 8.49. The largest absolute Gasteiger partial charge is 1.00 e. The maximum atomic E-state index is 2.41. The molecule has 2 atom stereocenters. The average Bonchev–Trinajstić information content (AvgIpc) is 2.40. The normalized spacial score (nSPS) is 12.7. The highest BCUT2D eigenvalue weighted by Crippen LogP contribution is 2.11. The highest BCUT2D eigenvalue weighted by molar-refractivity contribution is 5.18. The molecule has 0 aromatic heterocycles. The van der Waals surface area contributed by atoms with Gasteiger partial charge in [-0.1, -0.05) is 60.7 Å². The number of nitrogens with two attached hydrogens (primary N) is 1. The van der Waals surface area contributed by atoms with Gasteiger partial charge >= 0.3 is 0 Å². The molecule has 0 saturated heterocycles. The minimum absolute atomic E-state index is 0. The highest BCUT2D eigenvalue weighted by Gasteiger charge is 2.14. The van der Waals surface area contributed by atoms with Crippen LogP contribution in [0.1, 0.15) is 37.1 Å². The zero-order valence-corrected chi connectivity index (χ0v) is 12.8. The summed E-state index contributed by atoms with van der Waals surface area (Å²) in [6.45, 7) is 4.52. The molecule has 0 spiro atoms. The topological polar surface area (TPSA) is 16.6 Å². The van der Waals surface area contributed by atoms with E-state index < -0.39 is 0 Å². The third-order valence-corrected chi connectivity index (χ3v) is 3.23. The van der Waals surface area contributed by atoms with Gasteiger partial charge in [-0.3, -0.25) is 0 Å². The van der Waals surface area contributed by atoms with Gasteiger partial charge in [-0.05, 0) is 13.8 Å². The van der Waals surface area contributed by atoms with E-state index in [2.05, 4.69) is 79.8 Å². The summed E-state index contributed by atoms with van der Waals surface area (Å²) in [7, 11) is 0. The van der Waals surface area contributed by atoms with Gasteiger partial charge in [-0.2, -0.15) is 0 Å². The molecule has 3 heteroatoms. The Balaban J connectivity index is 0.00000162. The summed E-state index contributed by atoms with van der Waals surface area (Å²) < 4.78 is 0. The van der Waals surface area contributed by atoms with E-state index in [0.29, 0.717) is 12.1 Å². The first-order valence-corrected chi connectivity index (χ1v) is 6.22. The van der Waals surface area contributed by atoms with Crippen LogP contribution < -0.4 is 30.1 Å². The van der Waals surface area contributed by atoms with Gasteiger partial charge in [0.15, 0.2) is 0 Å². The van der Waals surface area contributed by atoms with Crippen molar-refractivity contribution >= 4 is 0 Å². The lowest BCUT2D eigenvalue weighted by Crippen LogP contribution is -3.00. The molecule has 2 aromatic carbocycles. The van der Waals surface area contributed by atoms with Crippen LogP contribution in [0.25, 0.3) is 0 Å². The first-order valence-electron chi connectivity index (χ1n) is 6.22. The number of benzene rings is 2. The zero-order valence-electron chi connectivity index (χ0n) is 11.3. The molecule has 19 heavy (non-hydrogen) atoms. The van der Waals surface area contributed by atoms with Crippen molar-refractivity contribution in [3.63, 3.8) is 0 Å². The maximum absolute atomic E-state index is 2.41. The minimum Gasteiger partial charge on any atom is -1.00 e. The number of quaternary nitrogens is 1. The van der Waals surface area contributed by atoms with Gasteiger partial charge in [0.2, 0.25) is 0 Å². The van der Waals surface area contributed by atoms with Gasteiger partial charge < -0.3 is 30.1 Å². The van der Waals surface area contributed by atoms with Crippen molar-refractivity contribution < 1.29 is 30.1 Å². The molecule has 2 aromatic rings. The molecule has 0 fully saturated rings. The summed E-state index contributed by atoms with van der Waals surface area (Å²) in [4.78, 5) is 0. The van der Waals surface area contributed by atoms with Gasteiger partial charge in [-0.15, -0.1) is 0 Å². The number of hydrogen-bond donors (Lipinski definition) is 1. The van der Waals surface area contributed by atoms with E-state index >= 15 is 0 Å². The van der Waals surface area contributed by atoms with Crippen LogP contribution in [0.4, 0.5) is 0 Å². The minimum atomic E-state index is 0. The van der Waals surface area contributed by atoms with Gasteiger partial charge in [0.05, 0.1) is 0 Å². The van der Waals surface area contributed by atoms with Crippen molar-refractivity contribution in [2.75, 3.05) is 0 Å². The maximum Gasteiger partial charge on any atom is 0.109 e. The lowest BCUT2D eigenvalue weighted by molar-refractivity contribution is -0.728. The van der Waals surface area contributed by atoms with Gasteiger partial charge in [0, 0.05) is 11.1 Å². The summed E-state index contributed by atoms with van der Waals surface area (Å²) in [6.07, 6.45) is 0. The third kappa shape index (κ3) is 5.23. The van der Waals surface area contributed by atoms with Crippen LogP contribution in [0.2, 0.25) is 0 Å². The summed E-state index contributed by atoms with van der Waals surface area (Å²) in [5.41, 5.74) is 2.77. The first kappa shape index (κ1) is 18.0. The van der Waals surface area contributed by atoms with Gasteiger partial charge in [0.1, 0.15) is 12.1 Å². The summed E-state index contributed by atoms with van der Waals surface area (Å²) >= 11 is 0. The van der Waals surface area contributed by atoms with E-state index in [0.717, 1.165) is 0 Å². The zero-order chi connectivity index (χ0) is 12.1. The second-order valence-corrected chi connectivity index (χ2v) is 4.59. The van der Waals surface area contributed by atoms with Crippen LogP contribution in [0.5, 0.6) is 0 Å². The number of hydrogen-bond acceptors (Lipinski definition) is 0. The Hall–Kier alpha value is -1.02. The predicted molar refractivity (Wildman–Crippen MR) is 71.6 cm³/mol. The highest BCUT2D eigenvalue weighted by atomic mass is 35.5. The standard InChI is InChI=1S/C16H19N.2ClH/c1-13(15-9-5-3-6-10-15)17-14(2)16-11-7-4-8-12-16;;/h3-14,17H,1-2H3;2*1H/p-1/t13-,14-;;/m0../s1. The molecule has 0 amide bonds. The molecule has 2 N–H and O–H groups in total. The Morgan fingerprint density at radius 1 is 0.632 bits per heavy atom. The first-order chi connectivity index (χ1) is 8.27. The molecule has 0 heterocycles. The van der Waals surface area contributed by atoms with E-state index in [1.54, 1.807) is 0 Å². The fourth-order valence-electron chi connectivity index (χ4n) is 2.17. The monoisotopic (exact) mass is 296 g/mol. The number of rotatable bonds is 4. The molecule has 2 rings (SSSR count). The second-order valence-electron chi connectivity index (χ2n) is 4.59. The molecular formula is C16H20Cl2N-. The van der Waals surface area contributed by atoms with E-state index in [1.807, 2.05) is 0 Å². The Morgan fingerprint density at radius 2 is 0.947 bits per heavy atom. The van der Waals surface area contributed by atoms with Crippen molar-refractivity contribution in [2.24, 2.45) is 0 Å². The molecule has 0 aliphatic carbocycles. The van der Waals surface area contributed by atoms with Crippen molar-refractivity contribution in [3.05, 3.63) is 71.8 Å². The second kappa shape index (κ2) is 8.98. The molecule has 104 valence electrons. The summed E-state index contributed by atoms with van der Waals surface area (Å²) in [6, 6.07) is 22.3. The van der Waals surface area contributed by atoms with E-state index in [1.165, 1.54) is 11.1 Å². The van der Waals surface area contributed by atoms with Crippen LogP contribution in [-0.4, -0.2) is 0 Å². The van der Waals surface area contributed by atoms with E-state index in [-0.39, 0.29) is 24.8 Å². The van der Waals surface area contributed by atoms with Gasteiger partial charge in [0.25, 0.3) is 0 Å². The average molecular weight is 297 g/mol. The third-order valence-electron chi connectivity index (χ3n) is 3.23. The molecular weight excluding hydrogens is 277 g/mol. The van der Waals surface area contributed by atoms with E-state index in [4.69, 9.17) is 0 Å². The Labute approximate surface area is 128 Å². The van der Waals surface area contributed by atoms with Crippen molar-refractivity contribution in [1.82, 2.24) is 0 Å². The van der Waals surface area contributed by atoms with E-state index in [9.17, 15) is 0 Å². The predicted octanol–water partition coefficient (Wildman–Crippen LogP) is -2.92. The van der Waals surface area contributed by atoms with Crippen LogP contribution in [0, 0.1) is 0 Å². The van der Waals surface area contributed by atoms with Crippen LogP contribution in [0.3, 0.4) is 0 Å². The van der Waals surface area contributed by atoms with Crippen LogP contribution in [-0.2, 0) is 0 Å². The quantitative estimate of drug-likeness (QED) is 0.623. The number of halogens is 2. The van der Waals surface area contributed by atoms with Crippen molar-refractivity contribution in [3.8, 4) is 0 Å². The fourth-order valence-corrected chi connectivity index (χ4v) is 2.17. The fraction of sp³-hybridized carbons (Fsp3) is 0.250. The Morgan fingerprint density at radius 3 is 1.26 bits per heavy atom. The smallest absolute Gasteiger partial charge is 0.109 e. The summed E-state index contributed by atoms with van der Waals surface area (Å²) in [5, 5.41) is 2.41. The summed E-state index contributed by atoms with van der Waals surface area (Å²) in [5.74, 6) is 0. The molecule has 0 aliphatic rings.